The number of thiophene rings is 1. The van der Waals surface area contributed by atoms with E-state index in [4.69, 9.17) is 5.11 Å². The third-order valence-corrected chi connectivity index (χ3v) is 3.89. The second kappa shape index (κ2) is 8.89. The van der Waals surface area contributed by atoms with Gasteiger partial charge in [0.15, 0.2) is 0 Å². The Balaban J connectivity index is 2.57. The molecule has 0 aliphatic rings. The SMILES string of the molecule is CCCN(CCN(C)C)Cc1ccc(C=CC(=O)O)s1. The minimum Gasteiger partial charge on any atom is -0.478 e. The molecular weight excluding hydrogens is 272 g/mol. The Labute approximate surface area is 125 Å². The fraction of sp³-hybridized carbons (Fsp3) is 0.533. The normalized spacial score (nSPS) is 11.8. The van der Waals surface area contributed by atoms with Crippen LogP contribution in [0.2, 0.25) is 0 Å². The lowest BCUT2D eigenvalue weighted by molar-refractivity contribution is -0.131. The summed E-state index contributed by atoms with van der Waals surface area (Å²) in [5.74, 6) is -0.904. The van der Waals surface area contributed by atoms with Gasteiger partial charge < -0.3 is 10.0 Å². The number of likely N-dealkylation sites (N-methyl/N-ethyl adjacent to an activating group) is 1. The van der Waals surface area contributed by atoms with Crippen molar-refractivity contribution in [2.24, 2.45) is 0 Å². The lowest BCUT2D eigenvalue weighted by Crippen LogP contribution is -2.31. The van der Waals surface area contributed by atoms with Crippen molar-refractivity contribution in [2.75, 3.05) is 33.7 Å². The third kappa shape index (κ3) is 6.84. The molecule has 0 amide bonds. The van der Waals surface area contributed by atoms with Gasteiger partial charge in [0.05, 0.1) is 0 Å². The van der Waals surface area contributed by atoms with E-state index >= 15 is 0 Å². The van der Waals surface area contributed by atoms with Crippen LogP contribution in [0.15, 0.2) is 18.2 Å². The van der Waals surface area contributed by atoms with Gasteiger partial charge in [-0.25, -0.2) is 4.79 Å². The fourth-order valence-corrected chi connectivity index (χ4v) is 2.83. The molecule has 20 heavy (non-hydrogen) atoms. The van der Waals surface area contributed by atoms with Crippen LogP contribution < -0.4 is 0 Å². The monoisotopic (exact) mass is 296 g/mol. The summed E-state index contributed by atoms with van der Waals surface area (Å²) in [5.41, 5.74) is 0. The molecule has 0 saturated heterocycles. The molecule has 0 aliphatic carbocycles. The molecule has 112 valence electrons. The van der Waals surface area contributed by atoms with Crippen LogP contribution in [-0.4, -0.2) is 54.6 Å². The van der Waals surface area contributed by atoms with Gasteiger partial charge in [-0.15, -0.1) is 11.3 Å². The predicted molar refractivity (Wildman–Crippen MR) is 85.1 cm³/mol. The van der Waals surface area contributed by atoms with E-state index in [1.165, 1.54) is 11.0 Å². The maximum atomic E-state index is 10.5. The van der Waals surface area contributed by atoms with Crippen molar-refractivity contribution in [1.82, 2.24) is 9.80 Å². The first kappa shape index (κ1) is 16.9. The van der Waals surface area contributed by atoms with E-state index in [1.54, 1.807) is 17.4 Å². The van der Waals surface area contributed by atoms with E-state index in [-0.39, 0.29) is 0 Å². The van der Waals surface area contributed by atoms with E-state index in [0.717, 1.165) is 37.5 Å². The molecule has 1 N–H and O–H groups in total. The van der Waals surface area contributed by atoms with Crippen LogP contribution >= 0.6 is 11.3 Å². The Kier molecular flexibility index (Phi) is 7.51. The summed E-state index contributed by atoms with van der Waals surface area (Å²) in [7, 11) is 4.17. The molecule has 1 aromatic heterocycles. The van der Waals surface area contributed by atoms with Crippen molar-refractivity contribution in [2.45, 2.75) is 19.9 Å². The maximum Gasteiger partial charge on any atom is 0.328 e. The van der Waals surface area contributed by atoms with Gasteiger partial charge in [-0.2, -0.15) is 0 Å². The summed E-state index contributed by atoms with van der Waals surface area (Å²) >= 11 is 1.66. The molecule has 0 bridgehead atoms. The van der Waals surface area contributed by atoms with Crippen LogP contribution in [0.4, 0.5) is 0 Å². The van der Waals surface area contributed by atoms with Crippen LogP contribution in [-0.2, 0) is 11.3 Å². The molecule has 1 heterocycles. The molecular formula is C15H24N2O2S. The minimum absolute atomic E-state index is 0.904. The number of carboxylic acid groups (broad SMARTS) is 1. The van der Waals surface area contributed by atoms with Gasteiger partial charge in [0.1, 0.15) is 0 Å². The summed E-state index contributed by atoms with van der Waals surface area (Å²) in [5, 5.41) is 8.62. The van der Waals surface area contributed by atoms with Gasteiger partial charge in [-0.3, -0.25) is 4.90 Å². The molecule has 4 nitrogen and oxygen atoms in total. The zero-order valence-corrected chi connectivity index (χ0v) is 13.3. The molecule has 1 aromatic rings. The summed E-state index contributed by atoms with van der Waals surface area (Å²) in [6.07, 6.45) is 3.98. The first-order chi connectivity index (χ1) is 9.51. The molecule has 5 heteroatoms. The Bertz CT molecular complexity index is 441. The molecule has 0 unspecified atom stereocenters. The Morgan fingerprint density at radius 1 is 1.30 bits per heavy atom. The molecule has 0 fully saturated rings. The molecule has 0 spiro atoms. The van der Waals surface area contributed by atoms with E-state index in [0.29, 0.717) is 0 Å². The third-order valence-electron chi connectivity index (χ3n) is 2.86. The number of carboxylic acids is 1. The van der Waals surface area contributed by atoms with E-state index in [1.807, 2.05) is 6.07 Å². The molecule has 0 aliphatic heterocycles. The highest BCUT2D eigenvalue weighted by Gasteiger charge is 2.07. The van der Waals surface area contributed by atoms with Gasteiger partial charge >= 0.3 is 5.97 Å². The van der Waals surface area contributed by atoms with Crippen LogP contribution in [0.3, 0.4) is 0 Å². The second-order valence-electron chi connectivity index (χ2n) is 5.06. The fourth-order valence-electron chi connectivity index (χ4n) is 1.87. The molecule has 0 radical (unpaired) electrons. The zero-order valence-electron chi connectivity index (χ0n) is 12.5. The van der Waals surface area contributed by atoms with Gasteiger partial charge in [-0.1, -0.05) is 6.92 Å². The number of carbonyl (C=O) groups is 1. The van der Waals surface area contributed by atoms with Crippen LogP contribution in [0, 0.1) is 0 Å². The van der Waals surface area contributed by atoms with Crippen molar-refractivity contribution in [3.63, 3.8) is 0 Å². The highest BCUT2D eigenvalue weighted by atomic mass is 32.1. The van der Waals surface area contributed by atoms with Gasteiger partial charge in [0.25, 0.3) is 0 Å². The summed E-state index contributed by atoms with van der Waals surface area (Å²) < 4.78 is 0. The average Bonchev–Trinajstić information content (AvgIpc) is 2.81. The van der Waals surface area contributed by atoms with Crippen LogP contribution in [0.25, 0.3) is 6.08 Å². The standard InChI is InChI=1S/C15H24N2O2S/c1-4-9-17(11-10-16(2)3)12-14-6-5-13(20-14)7-8-15(18)19/h5-8H,4,9-12H2,1-3H3,(H,18,19). The zero-order chi connectivity index (χ0) is 15.0. The first-order valence-electron chi connectivity index (χ1n) is 6.88. The molecule has 0 saturated carbocycles. The predicted octanol–water partition coefficient (Wildman–Crippen LogP) is 2.62. The maximum absolute atomic E-state index is 10.5. The Morgan fingerprint density at radius 3 is 2.65 bits per heavy atom. The van der Waals surface area contributed by atoms with Crippen LogP contribution in [0.1, 0.15) is 23.1 Å². The van der Waals surface area contributed by atoms with Gasteiger partial charge in [-0.05, 0) is 45.3 Å². The number of aliphatic carboxylic acids is 1. The second-order valence-corrected chi connectivity index (χ2v) is 6.25. The topological polar surface area (TPSA) is 43.8 Å². The average molecular weight is 296 g/mol. The highest BCUT2D eigenvalue weighted by Crippen LogP contribution is 2.19. The quantitative estimate of drug-likeness (QED) is 0.711. The molecule has 1 rings (SSSR count). The van der Waals surface area contributed by atoms with Crippen molar-refractivity contribution in [3.8, 4) is 0 Å². The lowest BCUT2D eigenvalue weighted by atomic mass is 10.3. The lowest BCUT2D eigenvalue weighted by Gasteiger charge is -2.22. The van der Waals surface area contributed by atoms with Crippen LogP contribution in [0.5, 0.6) is 0 Å². The van der Waals surface area contributed by atoms with E-state index < -0.39 is 5.97 Å². The summed E-state index contributed by atoms with van der Waals surface area (Å²) in [6, 6.07) is 4.07. The number of hydrogen-bond donors (Lipinski definition) is 1. The van der Waals surface area contributed by atoms with E-state index in [9.17, 15) is 4.79 Å². The number of rotatable bonds is 9. The van der Waals surface area contributed by atoms with Crippen molar-refractivity contribution in [3.05, 3.63) is 28.0 Å². The number of hydrogen-bond acceptors (Lipinski definition) is 4. The Morgan fingerprint density at radius 2 is 2.05 bits per heavy atom. The Hall–Kier alpha value is -1.17. The first-order valence-corrected chi connectivity index (χ1v) is 7.69. The summed E-state index contributed by atoms with van der Waals surface area (Å²) in [4.78, 5) is 17.4. The summed E-state index contributed by atoms with van der Waals surface area (Å²) in [6.45, 7) is 6.33. The smallest absolute Gasteiger partial charge is 0.328 e. The number of nitrogens with zero attached hydrogens (tertiary/aromatic N) is 2. The van der Waals surface area contributed by atoms with Crippen molar-refractivity contribution in [1.29, 1.82) is 0 Å². The van der Waals surface area contributed by atoms with Gasteiger partial charge in [0, 0.05) is 35.5 Å². The van der Waals surface area contributed by atoms with E-state index in [2.05, 4.69) is 36.9 Å². The van der Waals surface area contributed by atoms with Gasteiger partial charge in [0.2, 0.25) is 0 Å². The molecule has 0 aromatic carbocycles. The highest BCUT2D eigenvalue weighted by molar-refractivity contribution is 7.12. The van der Waals surface area contributed by atoms with Crippen molar-refractivity contribution >= 4 is 23.4 Å². The van der Waals surface area contributed by atoms with Crippen molar-refractivity contribution < 1.29 is 9.90 Å². The molecule has 0 atom stereocenters. The minimum atomic E-state index is -0.904. The largest absolute Gasteiger partial charge is 0.478 e.